The van der Waals surface area contributed by atoms with Crippen molar-refractivity contribution in [3.8, 4) is 11.4 Å². The van der Waals surface area contributed by atoms with E-state index in [1.165, 1.54) is 17.8 Å². The van der Waals surface area contributed by atoms with E-state index in [4.69, 9.17) is 0 Å². The Morgan fingerprint density at radius 3 is 3.07 bits per heavy atom. The standard InChI is InChI=1S/C10H11N3S2/c1-2-7(11-3-1)10-13-9(5-15-10)8-4-14-6-12-8/h4-7,11H,1-3H2. The largest absolute Gasteiger partial charge is 0.308 e. The van der Waals surface area contributed by atoms with Gasteiger partial charge in [0.15, 0.2) is 0 Å². The van der Waals surface area contributed by atoms with Crippen LogP contribution in [0, 0.1) is 0 Å². The van der Waals surface area contributed by atoms with Crippen LogP contribution in [0.1, 0.15) is 23.9 Å². The fourth-order valence-electron chi connectivity index (χ4n) is 1.80. The molecule has 0 aromatic carbocycles. The summed E-state index contributed by atoms with van der Waals surface area (Å²) in [4.78, 5) is 8.90. The first-order valence-corrected chi connectivity index (χ1v) is 6.83. The number of hydrogen-bond donors (Lipinski definition) is 1. The molecule has 1 aliphatic heterocycles. The van der Waals surface area contributed by atoms with E-state index in [0.29, 0.717) is 6.04 Å². The molecule has 78 valence electrons. The van der Waals surface area contributed by atoms with Gasteiger partial charge in [-0.05, 0) is 19.4 Å². The summed E-state index contributed by atoms with van der Waals surface area (Å²) in [5.74, 6) is 0. The number of thiazole rings is 2. The normalized spacial score (nSPS) is 20.9. The van der Waals surface area contributed by atoms with Crippen LogP contribution < -0.4 is 5.32 Å². The minimum atomic E-state index is 0.474. The molecule has 0 saturated carbocycles. The van der Waals surface area contributed by atoms with E-state index >= 15 is 0 Å². The van der Waals surface area contributed by atoms with Crippen molar-refractivity contribution < 1.29 is 0 Å². The average molecular weight is 237 g/mol. The molecular formula is C10H11N3S2. The van der Waals surface area contributed by atoms with Crippen LogP contribution in [-0.2, 0) is 0 Å². The molecule has 2 aromatic rings. The molecular weight excluding hydrogens is 226 g/mol. The van der Waals surface area contributed by atoms with Crippen molar-refractivity contribution in [1.82, 2.24) is 15.3 Å². The monoisotopic (exact) mass is 237 g/mol. The second kappa shape index (κ2) is 4.00. The maximum atomic E-state index is 4.63. The van der Waals surface area contributed by atoms with Crippen molar-refractivity contribution in [3.05, 3.63) is 21.3 Å². The van der Waals surface area contributed by atoms with Gasteiger partial charge in [0.05, 0.1) is 11.6 Å². The Balaban J connectivity index is 1.87. The topological polar surface area (TPSA) is 37.8 Å². The summed E-state index contributed by atoms with van der Waals surface area (Å²) >= 11 is 3.35. The molecule has 2 aromatic heterocycles. The van der Waals surface area contributed by atoms with Crippen LogP contribution in [-0.4, -0.2) is 16.5 Å². The quantitative estimate of drug-likeness (QED) is 0.872. The van der Waals surface area contributed by atoms with E-state index in [0.717, 1.165) is 17.9 Å². The summed E-state index contributed by atoms with van der Waals surface area (Å²) in [6.07, 6.45) is 2.47. The van der Waals surface area contributed by atoms with Gasteiger partial charge in [0, 0.05) is 10.8 Å². The van der Waals surface area contributed by atoms with Gasteiger partial charge in [-0.2, -0.15) is 0 Å². The van der Waals surface area contributed by atoms with Crippen molar-refractivity contribution in [2.75, 3.05) is 6.54 Å². The molecule has 1 unspecified atom stereocenters. The SMILES string of the molecule is c1nc(-c2csc(C3CCCN3)n2)cs1. The van der Waals surface area contributed by atoms with Gasteiger partial charge >= 0.3 is 0 Å². The molecule has 0 radical (unpaired) electrons. The van der Waals surface area contributed by atoms with E-state index in [2.05, 4.69) is 20.7 Å². The van der Waals surface area contributed by atoms with Crippen LogP contribution in [0.25, 0.3) is 11.4 Å². The number of nitrogens with zero attached hydrogens (tertiary/aromatic N) is 2. The lowest BCUT2D eigenvalue weighted by Crippen LogP contribution is -2.12. The van der Waals surface area contributed by atoms with Crippen molar-refractivity contribution >= 4 is 22.7 Å². The highest BCUT2D eigenvalue weighted by Gasteiger charge is 2.19. The Bertz CT molecular complexity index is 429. The van der Waals surface area contributed by atoms with Crippen molar-refractivity contribution in [3.63, 3.8) is 0 Å². The molecule has 3 heterocycles. The Kier molecular flexibility index (Phi) is 2.52. The Morgan fingerprint density at radius 2 is 2.33 bits per heavy atom. The van der Waals surface area contributed by atoms with Gasteiger partial charge in [0.25, 0.3) is 0 Å². The van der Waals surface area contributed by atoms with Crippen LogP contribution in [0.2, 0.25) is 0 Å². The van der Waals surface area contributed by atoms with Gasteiger partial charge in [-0.1, -0.05) is 0 Å². The van der Waals surface area contributed by atoms with Crippen molar-refractivity contribution in [1.29, 1.82) is 0 Å². The van der Waals surface area contributed by atoms with Gasteiger partial charge in [0.2, 0.25) is 0 Å². The maximum Gasteiger partial charge on any atom is 0.110 e. The average Bonchev–Trinajstić information content (AvgIpc) is 3.02. The predicted octanol–water partition coefficient (Wildman–Crippen LogP) is 2.69. The molecule has 1 N–H and O–H groups in total. The molecule has 1 saturated heterocycles. The number of aromatic nitrogens is 2. The Hall–Kier alpha value is -0.780. The summed E-state index contributed by atoms with van der Waals surface area (Å²) in [6, 6.07) is 0.474. The Morgan fingerprint density at radius 1 is 1.33 bits per heavy atom. The molecule has 1 fully saturated rings. The zero-order chi connectivity index (χ0) is 10.1. The third kappa shape index (κ3) is 1.82. The van der Waals surface area contributed by atoms with Crippen LogP contribution in [0.15, 0.2) is 16.3 Å². The highest BCUT2D eigenvalue weighted by molar-refractivity contribution is 7.10. The van der Waals surface area contributed by atoms with Gasteiger partial charge in [-0.25, -0.2) is 9.97 Å². The van der Waals surface area contributed by atoms with E-state index in [1.54, 1.807) is 22.7 Å². The van der Waals surface area contributed by atoms with Gasteiger partial charge in [0.1, 0.15) is 16.4 Å². The highest BCUT2D eigenvalue weighted by atomic mass is 32.1. The predicted molar refractivity (Wildman–Crippen MR) is 63.2 cm³/mol. The molecule has 0 spiro atoms. The number of hydrogen-bond acceptors (Lipinski definition) is 5. The number of rotatable bonds is 2. The molecule has 1 atom stereocenters. The molecule has 0 bridgehead atoms. The molecule has 15 heavy (non-hydrogen) atoms. The van der Waals surface area contributed by atoms with Gasteiger partial charge < -0.3 is 5.32 Å². The van der Waals surface area contributed by atoms with Crippen LogP contribution in [0.5, 0.6) is 0 Å². The third-order valence-electron chi connectivity index (χ3n) is 2.58. The summed E-state index contributed by atoms with van der Waals surface area (Å²) in [7, 11) is 0. The second-order valence-electron chi connectivity index (χ2n) is 3.59. The Labute approximate surface area is 96.2 Å². The summed E-state index contributed by atoms with van der Waals surface area (Å²) in [5, 5.41) is 8.81. The molecule has 3 nitrogen and oxygen atoms in total. The fraction of sp³-hybridized carbons (Fsp3) is 0.400. The first-order chi connectivity index (χ1) is 7.43. The van der Waals surface area contributed by atoms with E-state index in [9.17, 15) is 0 Å². The lowest BCUT2D eigenvalue weighted by Gasteiger charge is -2.03. The minimum Gasteiger partial charge on any atom is -0.308 e. The van der Waals surface area contributed by atoms with E-state index < -0.39 is 0 Å². The maximum absolute atomic E-state index is 4.63. The third-order valence-corrected chi connectivity index (χ3v) is 4.12. The second-order valence-corrected chi connectivity index (χ2v) is 5.20. The number of nitrogens with one attached hydrogen (secondary N) is 1. The summed E-state index contributed by atoms with van der Waals surface area (Å²) in [6.45, 7) is 1.12. The van der Waals surface area contributed by atoms with E-state index in [-0.39, 0.29) is 0 Å². The zero-order valence-electron chi connectivity index (χ0n) is 8.14. The van der Waals surface area contributed by atoms with Gasteiger partial charge in [-0.15, -0.1) is 22.7 Å². The van der Waals surface area contributed by atoms with Crippen LogP contribution in [0.4, 0.5) is 0 Å². The summed E-state index contributed by atoms with van der Waals surface area (Å²) < 4.78 is 0. The molecule has 5 heteroatoms. The smallest absolute Gasteiger partial charge is 0.110 e. The first kappa shape index (κ1) is 9.45. The molecule has 0 amide bonds. The molecule has 3 rings (SSSR count). The summed E-state index contributed by atoms with van der Waals surface area (Å²) in [5.41, 5.74) is 3.87. The molecule has 0 aliphatic carbocycles. The van der Waals surface area contributed by atoms with Crippen LogP contribution in [0.3, 0.4) is 0 Å². The minimum absolute atomic E-state index is 0.474. The lowest BCUT2D eigenvalue weighted by atomic mass is 10.2. The van der Waals surface area contributed by atoms with Crippen molar-refractivity contribution in [2.24, 2.45) is 0 Å². The fourth-order valence-corrected chi connectivity index (χ4v) is 3.27. The highest BCUT2D eigenvalue weighted by Crippen LogP contribution is 2.29. The van der Waals surface area contributed by atoms with Crippen LogP contribution >= 0.6 is 22.7 Å². The first-order valence-electron chi connectivity index (χ1n) is 5.01. The van der Waals surface area contributed by atoms with E-state index in [1.807, 2.05) is 10.9 Å². The zero-order valence-corrected chi connectivity index (χ0v) is 9.77. The lowest BCUT2D eigenvalue weighted by molar-refractivity contribution is 0.643. The molecule has 1 aliphatic rings. The van der Waals surface area contributed by atoms with Gasteiger partial charge in [-0.3, -0.25) is 0 Å². The van der Waals surface area contributed by atoms with Crippen molar-refractivity contribution in [2.45, 2.75) is 18.9 Å².